The highest BCUT2D eigenvalue weighted by Gasteiger charge is 2.41. The molecule has 2 N–H and O–H groups in total. The molecule has 1 aromatic carbocycles. The van der Waals surface area contributed by atoms with Crippen LogP contribution in [0.3, 0.4) is 0 Å². The maximum atomic E-state index is 11.9. The monoisotopic (exact) mass is 483 g/mol. The second-order valence-electron chi connectivity index (χ2n) is 10.0. The van der Waals surface area contributed by atoms with Gasteiger partial charge in [-0.3, -0.25) is 9.59 Å². The van der Waals surface area contributed by atoms with Gasteiger partial charge in [-0.25, -0.2) is 0 Å². The molecule has 1 fully saturated rings. The normalized spacial score (nSPS) is 27.0. The van der Waals surface area contributed by atoms with Crippen LogP contribution in [0.15, 0.2) is 42.0 Å². The van der Waals surface area contributed by atoms with Crippen molar-refractivity contribution < 1.29 is 24.2 Å². The number of benzene rings is 1. The third-order valence-electron chi connectivity index (χ3n) is 8.08. The van der Waals surface area contributed by atoms with E-state index in [0.29, 0.717) is 6.42 Å². The summed E-state index contributed by atoms with van der Waals surface area (Å²) in [5.41, 5.74) is 3.89. The third kappa shape index (κ3) is 6.22. The van der Waals surface area contributed by atoms with Crippen LogP contribution >= 0.6 is 0 Å². The number of cyclic esters (lactones) is 1. The van der Waals surface area contributed by atoms with E-state index in [1.54, 1.807) is 7.11 Å². The Hall–Kier alpha value is -2.44. The van der Waals surface area contributed by atoms with Gasteiger partial charge in [-0.05, 0) is 72.4 Å². The molecule has 1 heterocycles. The van der Waals surface area contributed by atoms with E-state index in [-0.39, 0.29) is 29.3 Å². The van der Waals surface area contributed by atoms with Crippen LogP contribution in [-0.2, 0) is 19.1 Å². The number of methoxy groups -OCH3 is 1. The molecule has 1 unspecified atom stereocenters. The first-order valence-electron chi connectivity index (χ1n) is 12.9. The maximum Gasteiger partial charge on any atom is 0.309 e. The van der Waals surface area contributed by atoms with E-state index in [4.69, 9.17) is 9.47 Å². The van der Waals surface area contributed by atoms with Crippen molar-refractivity contribution in [2.75, 3.05) is 12.4 Å². The summed E-state index contributed by atoms with van der Waals surface area (Å²) in [5.74, 6) is -0.468. The molecule has 0 radical (unpaired) electrons. The number of aliphatic hydroxyl groups is 1. The Morgan fingerprint density at radius 2 is 1.97 bits per heavy atom. The van der Waals surface area contributed by atoms with Gasteiger partial charge in [-0.2, -0.15) is 0 Å². The van der Waals surface area contributed by atoms with Crippen LogP contribution < -0.4 is 5.32 Å². The first-order valence-corrected chi connectivity index (χ1v) is 12.9. The van der Waals surface area contributed by atoms with E-state index in [1.807, 2.05) is 24.3 Å². The first-order chi connectivity index (χ1) is 16.7. The number of anilines is 1. The van der Waals surface area contributed by atoms with Gasteiger partial charge in [0.25, 0.3) is 0 Å². The second-order valence-corrected chi connectivity index (χ2v) is 10.0. The fourth-order valence-corrected chi connectivity index (χ4v) is 5.69. The van der Waals surface area contributed by atoms with E-state index >= 15 is 0 Å². The zero-order valence-corrected chi connectivity index (χ0v) is 21.9. The van der Waals surface area contributed by atoms with E-state index in [2.05, 4.69) is 38.2 Å². The number of carbonyl (C=O) groups is 2. The summed E-state index contributed by atoms with van der Waals surface area (Å²) in [6.45, 7) is 8.16. The Morgan fingerprint density at radius 3 is 2.57 bits per heavy atom. The topological polar surface area (TPSA) is 84.9 Å². The van der Waals surface area contributed by atoms with Gasteiger partial charge in [0, 0.05) is 32.6 Å². The van der Waals surface area contributed by atoms with Crippen molar-refractivity contribution >= 4 is 23.1 Å². The van der Waals surface area contributed by atoms with Crippen molar-refractivity contribution in [3.63, 3.8) is 0 Å². The van der Waals surface area contributed by atoms with Gasteiger partial charge in [0.15, 0.2) is 0 Å². The lowest BCUT2D eigenvalue weighted by Gasteiger charge is -2.35. The minimum absolute atomic E-state index is 0.0505. The Morgan fingerprint density at radius 1 is 1.23 bits per heavy atom. The molecular weight excluding hydrogens is 442 g/mol. The first kappa shape index (κ1) is 27.2. The molecular formula is C29H41NO5. The Balaban J connectivity index is 2.19. The van der Waals surface area contributed by atoms with E-state index < -0.39 is 12.2 Å². The van der Waals surface area contributed by atoms with Crippen molar-refractivity contribution in [3.8, 4) is 0 Å². The van der Waals surface area contributed by atoms with E-state index in [1.165, 1.54) is 18.1 Å². The molecule has 0 aromatic heterocycles. The van der Waals surface area contributed by atoms with Crippen LogP contribution in [0, 0.1) is 5.41 Å². The number of rotatable bonds is 8. The molecule has 1 aromatic rings. The molecule has 192 valence electrons. The van der Waals surface area contributed by atoms with Gasteiger partial charge in [-0.15, -0.1) is 0 Å². The van der Waals surface area contributed by atoms with Crippen LogP contribution in [-0.4, -0.2) is 41.9 Å². The van der Waals surface area contributed by atoms with Crippen LogP contribution in [0.1, 0.15) is 84.6 Å². The van der Waals surface area contributed by atoms with Crippen LogP contribution in [0.5, 0.6) is 0 Å². The van der Waals surface area contributed by atoms with Crippen molar-refractivity contribution in [1.29, 1.82) is 0 Å². The summed E-state index contributed by atoms with van der Waals surface area (Å²) in [6, 6.07) is 8.00. The molecule has 0 saturated carbocycles. The van der Waals surface area contributed by atoms with Crippen molar-refractivity contribution in [3.05, 3.63) is 47.6 Å². The maximum absolute atomic E-state index is 11.9. The van der Waals surface area contributed by atoms with Gasteiger partial charge in [0.2, 0.25) is 5.91 Å². The molecule has 0 bridgehead atoms. The average molecular weight is 484 g/mol. The second kappa shape index (κ2) is 11.5. The number of nitrogens with one attached hydrogen (secondary N) is 1. The molecule has 1 amide bonds. The minimum Gasteiger partial charge on any atom is -0.458 e. The van der Waals surface area contributed by atoms with Gasteiger partial charge >= 0.3 is 5.97 Å². The smallest absolute Gasteiger partial charge is 0.309 e. The standard InChI is InChI=1S/C29H41NO5/c1-6-28(7-2)14-15-29(8-3,34-5)19-25(21-10-9-11-22(16-21)30-20(4)31)26(28)13-12-24-17-23(32)18-27(33)35-24/h9-13,16,23-24,32H,6-8,14-15,17-19H2,1-5H3,(H,30,31)/t23-,24-,29?/m0/s1. The highest BCUT2D eigenvalue weighted by Crippen LogP contribution is 2.52. The molecule has 6 heteroatoms. The summed E-state index contributed by atoms with van der Waals surface area (Å²) in [7, 11) is 1.80. The zero-order chi connectivity index (χ0) is 25.6. The summed E-state index contributed by atoms with van der Waals surface area (Å²) >= 11 is 0. The molecule has 3 atom stereocenters. The SMILES string of the molecule is CCC1(OC)CCC(CC)(CC)C(C=C[C@H]2C[C@H](O)CC(=O)O2)=C(c2cccc(NC(C)=O)c2)C1. The predicted molar refractivity (Wildman–Crippen MR) is 139 cm³/mol. The highest BCUT2D eigenvalue weighted by atomic mass is 16.5. The number of amides is 1. The quantitative estimate of drug-likeness (QED) is 0.456. The minimum atomic E-state index is -0.675. The number of hydrogen-bond donors (Lipinski definition) is 2. The van der Waals surface area contributed by atoms with E-state index in [0.717, 1.165) is 49.8 Å². The molecule has 1 aliphatic heterocycles. The number of esters is 1. The summed E-state index contributed by atoms with van der Waals surface area (Å²) in [4.78, 5) is 23.7. The summed E-state index contributed by atoms with van der Waals surface area (Å²) in [5, 5.41) is 13.0. The fourth-order valence-electron chi connectivity index (χ4n) is 5.69. The average Bonchev–Trinajstić information content (AvgIpc) is 2.97. The molecule has 6 nitrogen and oxygen atoms in total. The Bertz CT molecular complexity index is 971. The molecule has 1 aliphatic carbocycles. The summed E-state index contributed by atoms with van der Waals surface area (Å²) in [6.07, 6.45) is 8.93. The number of allylic oxidation sites excluding steroid dienone is 2. The van der Waals surface area contributed by atoms with Crippen molar-refractivity contribution in [2.45, 2.75) is 96.9 Å². The molecule has 0 spiro atoms. The van der Waals surface area contributed by atoms with Crippen molar-refractivity contribution in [2.24, 2.45) is 5.41 Å². The highest BCUT2D eigenvalue weighted by molar-refractivity contribution is 5.89. The van der Waals surface area contributed by atoms with Crippen LogP contribution in [0.4, 0.5) is 5.69 Å². The lowest BCUT2D eigenvalue weighted by atomic mass is 9.70. The lowest BCUT2D eigenvalue weighted by molar-refractivity contribution is -0.156. The number of carbonyl (C=O) groups excluding carboxylic acids is 2. The van der Waals surface area contributed by atoms with Gasteiger partial charge in [-0.1, -0.05) is 39.0 Å². The van der Waals surface area contributed by atoms with Gasteiger partial charge < -0.3 is 19.9 Å². The number of aliphatic hydroxyl groups excluding tert-OH is 1. The largest absolute Gasteiger partial charge is 0.458 e. The molecule has 1 saturated heterocycles. The molecule has 2 aliphatic rings. The van der Waals surface area contributed by atoms with Crippen LogP contribution in [0.25, 0.3) is 5.57 Å². The van der Waals surface area contributed by atoms with Gasteiger partial charge in [0.1, 0.15) is 6.10 Å². The number of ether oxygens (including phenoxy) is 2. The van der Waals surface area contributed by atoms with E-state index in [9.17, 15) is 14.7 Å². The fraction of sp³-hybridized carbons (Fsp3) is 0.586. The number of hydrogen-bond acceptors (Lipinski definition) is 5. The predicted octanol–water partition coefficient (Wildman–Crippen LogP) is 5.81. The molecule has 3 rings (SSSR count). The molecule has 35 heavy (non-hydrogen) atoms. The zero-order valence-electron chi connectivity index (χ0n) is 21.9. The van der Waals surface area contributed by atoms with Crippen molar-refractivity contribution in [1.82, 2.24) is 0 Å². The summed E-state index contributed by atoms with van der Waals surface area (Å²) < 4.78 is 11.7. The van der Waals surface area contributed by atoms with Crippen LogP contribution in [0.2, 0.25) is 0 Å². The Labute approximate surface area is 209 Å². The lowest BCUT2D eigenvalue weighted by Crippen LogP contribution is -2.31. The third-order valence-corrected chi connectivity index (χ3v) is 8.08. The Kier molecular flexibility index (Phi) is 8.94. The van der Waals surface area contributed by atoms with Gasteiger partial charge in [0.05, 0.1) is 18.1 Å².